The lowest BCUT2D eigenvalue weighted by Gasteiger charge is -2.19. The van der Waals surface area contributed by atoms with Gasteiger partial charge in [-0.15, -0.1) is 0 Å². The minimum absolute atomic E-state index is 0.00976. The number of rotatable bonds is 3. The normalized spacial score (nSPS) is 14.3. The molecule has 0 bridgehead atoms. The van der Waals surface area contributed by atoms with E-state index in [1.54, 1.807) is 29.2 Å². The summed E-state index contributed by atoms with van der Waals surface area (Å²) in [4.78, 5) is 20.2. The summed E-state index contributed by atoms with van der Waals surface area (Å²) < 4.78 is 13.4. The molecule has 1 aliphatic rings. The van der Waals surface area contributed by atoms with Crippen molar-refractivity contribution < 1.29 is 14.3 Å². The van der Waals surface area contributed by atoms with Gasteiger partial charge in [0.25, 0.3) is 0 Å². The van der Waals surface area contributed by atoms with Crippen LogP contribution in [0.25, 0.3) is 16.6 Å². The van der Waals surface area contributed by atoms with Gasteiger partial charge in [-0.2, -0.15) is 0 Å². The highest BCUT2D eigenvalue weighted by Gasteiger charge is 2.31. The van der Waals surface area contributed by atoms with Crippen LogP contribution in [0.4, 0.5) is 15.8 Å². The van der Waals surface area contributed by atoms with Gasteiger partial charge in [-0.3, -0.25) is 10.2 Å². The molecule has 0 aliphatic carbocycles. The molecule has 3 aromatic rings. The van der Waals surface area contributed by atoms with E-state index in [0.717, 1.165) is 0 Å². The minimum atomic E-state index is -0.395. The number of benzene rings is 2. The minimum Gasteiger partial charge on any atom is -0.509 e. The van der Waals surface area contributed by atoms with Crippen molar-refractivity contribution in [2.24, 2.45) is 0 Å². The van der Waals surface area contributed by atoms with Gasteiger partial charge in [0.05, 0.1) is 23.2 Å². The largest absolute Gasteiger partial charge is 0.509 e. The molecular weight excluding hydrogens is 349 g/mol. The molecule has 27 heavy (non-hydrogen) atoms. The topological polar surface area (TPSA) is 105 Å². The summed E-state index contributed by atoms with van der Waals surface area (Å²) >= 11 is 0. The van der Waals surface area contributed by atoms with Crippen LogP contribution in [-0.2, 0) is 4.79 Å². The van der Waals surface area contributed by atoms with E-state index in [-0.39, 0.29) is 29.6 Å². The van der Waals surface area contributed by atoms with Gasteiger partial charge in [0.2, 0.25) is 5.91 Å². The van der Waals surface area contributed by atoms with E-state index in [2.05, 4.69) is 15.3 Å². The van der Waals surface area contributed by atoms with Crippen molar-refractivity contribution in [3.8, 4) is 0 Å². The molecule has 0 radical (unpaired) electrons. The van der Waals surface area contributed by atoms with Gasteiger partial charge in [0.15, 0.2) is 0 Å². The Labute approximate surface area is 153 Å². The monoisotopic (exact) mass is 365 g/mol. The quantitative estimate of drug-likeness (QED) is 0.571. The van der Waals surface area contributed by atoms with Crippen molar-refractivity contribution in [1.82, 2.24) is 9.97 Å². The fraction of sp³-hybridized carbons (Fsp3) is 0.105. The third kappa shape index (κ3) is 3.01. The molecule has 2 heterocycles. The molecule has 4 N–H and O–H groups in total. The molecule has 2 aromatic carbocycles. The molecule has 0 spiro atoms. The van der Waals surface area contributed by atoms with Crippen LogP contribution in [0, 0.1) is 11.2 Å². The molecule has 136 valence electrons. The molecule has 0 atom stereocenters. The number of imidazole rings is 1. The second-order valence-corrected chi connectivity index (χ2v) is 6.23. The number of aliphatic hydroxyl groups excluding tert-OH is 1. The van der Waals surface area contributed by atoms with Crippen LogP contribution >= 0.6 is 0 Å². The maximum atomic E-state index is 13.4. The smallest absolute Gasteiger partial charge is 0.221 e. The SMILES string of the molecule is CC(=O)Nc1cccc(N2CC(O)=C(c3nc4ccc(F)cc4[nH]3)C2=N)c1. The van der Waals surface area contributed by atoms with Crippen molar-refractivity contribution >= 4 is 39.7 Å². The van der Waals surface area contributed by atoms with Crippen LogP contribution in [0.1, 0.15) is 12.7 Å². The molecule has 0 unspecified atom stereocenters. The Morgan fingerprint density at radius 2 is 2.15 bits per heavy atom. The molecule has 1 aliphatic heterocycles. The molecule has 4 rings (SSSR count). The Morgan fingerprint density at radius 1 is 1.33 bits per heavy atom. The van der Waals surface area contributed by atoms with Gasteiger partial charge in [0, 0.05) is 18.3 Å². The predicted octanol–water partition coefficient (Wildman–Crippen LogP) is 3.43. The lowest BCUT2D eigenvalue weighted by Crippen LogP contribution is -2.26. The van der Waals surface area contributed by atoms with Crippen LogP contribution in [0.15, 0.2) is 48.2 Å². The maximum Gasteiger partial charge on any atom is 0.221 e. The number of nitrogens with one attached hydrogen (secondary N) is 3. The number of hydrogen-bond donors (Lipinski definition) is 4. The maximum absolute atomic E-state index is 13.4. The number of carbonyl (C=O) groups excluding carboxylic acids is 1. The summed E-state index contributed by atoms with van der Waals surface area (Å²) in [5, 5.41) is 21.6. The Hall–Kier alpha value is -3.68. The summed E-state index contributed by atoms with van der Waals surface area (Å²) in [5.74, 6) is -0.233. The summed E-state index contributed by atoms with van der Waals surface area (Å²) in [5.41, 5.74) is 2.54. The highest BCUT2D eigenvalue weighted by Crippen LogP contribution is 2.32. The third-order valence-electron chi connectivity index (χ3n) is 4.26. The number of carbonyl (C=O) groups is 1. The average molecular weight is 365 g/mol. The van der Waals surface area contributed by atoms with Crippen LogP contribution < -0.4 is 10.2 Å². The van der Waals surface area contributed by atoms with Gasteiger partial charge in [-0.25, -0.2) is 9.37 Å². The van der Waals surface area contributed by atoms with Crippen molar-refractivity contribution in [2.75, 3.05) is 16.8 Å². The van der Waals surface area contributed by atoms with E-state index in [4.69, 9.17) is 5.41 Å². The number of H-pyrrole nitrogens is 1. The first kappa shape index (κ1) is 16.8. The summed E-state index contributed by atoms with van der Waals surface area (Å²) in [6.07, 6.45) is 0. The zero-order valence-corrected chi connectivity index (χ0v) is 14.4. The number of aliphatic hydroxyl groups is 1. The number of amides is 1. The molecular formula is C19H16FN5O2. The second-order valence-electron chi connectivity index (χ2n) is 6.23. The highest BCUT2D eigenvalue weighted by molar-refractivity contribution is 6.30. The Morgan fingerprint density at radius 3 is 2.93 bits per heavy atom. The summed E-state index contributed by atoms with van der Waals surface area (Å²) in [6.45, 7) is 1.52. The number of aromatic nitrogens is 2. The molecule has 1 aromatic heterocycles. The number of aromatic amines is 1. The molecule has 8 heteroatoms. The van der Waals surface area contributed by atoms with E-state index in [1.165, 1.54) is 25.1 Å². The Bertz CT molecular complexity index is 1120. The zero-order valence-electron chi connectivity index (χ0n) is 14.4. The van der Waals surface area contributed by atoms with Crippen LogP contribution in [0.2, 0.25) is 0 Å². The van der Waals surface area contributed by atoms with Gasteiger partial charge >= 0.3 is 0 Å². The van der Waals surface area contributed by atoms with Gasteiger partial charge in [-0.1, -0.05) is 6.07 Å². The molecule has 7 nitrogen and oxygen atoms in total. The second kappa shape index (κ2) is 6.24. The third-order valence-corrected chi connectivity index (χ3v) is 4.26. The molecule has 0 saturated heterocycles. The summed E-state index contributed by atoms with van der Waals surface area (Å²) in [7, 11) is 0. The van der Waals surface area contributed by atoms with Gasteiger partial charge < -0.3 is 20.3 Å². The van der Waals surface area contributed by atoms with E-state index in [0.29, 0.717) is 28.2 Å². The van der Waals surface area contributed by atoms with E-state index in [1.807, 2.05) is 0 Å². The van der Waals surface area contributed by atoms with Gasteiger partial charge in [-0.05, 0) is 36.4 Å². The Kier molecular flexibility index (Phi) is 3.88. The van der Waals surface area contributed by atoms with Crippen molar-refractivity contribution in [3.05, 3.63) is 59.9 Å². The predicted molar refractivity (Wildman–Crippen MR) is 101 cm³/mol. The molecule has 0 saturated carbocycles. The first-order chi connectivity index (χ1) is 12.9. The number of fused-ring (bicyclic) bond motifs is 1. The van der Waals surface area contributed by atoms with Gasteiger partial charge in [0.1, 0.15) is 23.2 Å². The van der Waals surface area contributed by atoms with E-state index < -0.39 is 5.82 Å². The Balaban J connectivity index is 1.67. The number of amidine groups is 1. The van der Waals surface area contributed by atoms with Crippen molar-refractivity contribution in [3.63, 3.8) is 0 Å². The molecule has 0 fully saturated rings. The lowest BCUT2D eigenvalue weighted by atomic mass is 10.2. The average Bonchev–Trinajstić information content (AvgIpc) is 3.14. The number of anilines is 2. The molecule has 1 amide bonds. The van der Waals surface area contributed by atoms with Crippen LogP contribution in [-0.4, -0.2) is 33.4 Å². The van der Waals surface area contributed by atoms with E-state index in [9.17, 15) is 14.3 Å². The highest BCUT2D eigenvalue weighted by atomic mass is 19.1. The number of halogens is 1. The first-order valence-electron chi connectivity index (χ1n) is 8.24. The van der Waals surface area contributed by atoms with Crippen molar-refractivity contribution in [1.29, 1.82) is 5.41 Å². The standard InChI is InChI=1S/C19H16FN5O2/c1-10(26)22-12-3-2-4-13(8-12)25-9-16(27)17(18(25)21)19-23-14-6-5-11(20)7-15(14)24-19/h2-8,21,27H,9H2,1H3,(H,22,26)(H,23,24). The number of nitrogens with zero attached hydrogens (tertiary/aromatic N) is 2. The van der Waals surface area contributed by atoms with Crippen LogP contribution in [0.3, 0.4) is 0 Å². The lowest BCUT2D eigenvalue weighted by molar-refractivity contribution is -0.114. The zero-order chi connectivity index (χ0) is 19.1. The fourth-order valence-corrected chi connectivity index (χ4v) is 3.10. The van der Waals surface area contributed by atoms with E-state index >= 15 is 0 Å². The number of hydrogen-bond acceptors (Lipinski definition) is 4. The fourth-order valence-electron chi connectivity index (χ4n) is 3.10. The summed E-state index contributed by atoms with van der Waals surface area (Å²) in [6, 6.07) is 11.2. The van der Waals surface area contributed by atoms with Crippen LogP contribution in [0.5, 0.6) is 0 Å². The first-order valence-corrected chi connectivity index (χ1v) is 8.24. The van der Waals surface area contributed by atoms with Crippen molar-refractivity contribution in [2.45, 2.75) is 6.92 Å².